The van der Waals surface area contributed by atoms with E-state index in [4.69, 9.17) is 18.2 Å². The average Bonchev–Trinajstić information content (AvgIpc) is 1.95. The number of aromatic hydroxyl groups is 1. The molecule has 1 heterocycles. The van der Waals surface area contributed by atoms with Gasteiger partial charge in [-0.2, -0.15) is 5.26 Å². The predicted octanol–water partition coefficient (Wildman–Crippen LogP) is -0.547. The molecule has 0 saturated carbocycles. The summed E-state index contributed by atoms with van der Waals surface area (Å²) in [6, 6.07) is 4.52. The molecule has 2 radical (unpaired) electrons. The van der Waals surface area contributed by atoms with E-state index in [1.807, 2.05) is 0 Å². The van der Waals surface area contributed by atoms with Gasteiger partial charge in [-0.15, -0.1) is 0 Å². The first-order chi connectivity index (χ1) is 4.74. The third kappa shape index (κ3) is 1.08. The van der Waals surface area contributed by atoms with Crippen LogP contribution in [0.15, 0.2) is 12.1 Å². The Kier molecular flexibility index (Phi) is 1.59. The predicted molar refractivity (Wildman–Crippen MR) is 36.0 cm³/mol. The highest BCUT2D eigenvalue weighted by Crippen LogP contribution is 2.00. The summed E-state index contributed by atoms with van der Waals surface area (Å²) in [7, 11) is 5.18. The van der Waals surface area contributed by atoms with Crippen molar-refractivity contribution in [2.24, 2.45) is 0 Å². The van der Waals surface area contributed by atoms with Crippen LogP contribution in [-0.4, -0.2) is 17.9 Å². The summed E-state index contributed by atoms with van der Waals surface area (Å²) in [5.41, 5.74) is 0.189. The minimum atomic E-state index is -0.0981. The second-order valence-corrected chi connectivity index (χ2v) is 1.71. The third-order valence-electron chi connectivity index (χ3n) is 1.02. The van der Waals surface area contributed by atoms with Crippen LogP contribution in [0.2, 0.25) is 0 Å². The Bertz CT molecular complexity index is 292. The van der Waals surface area contributed by atoms with Crippen molar-refractivity contribution in [3.8, 4) is 11.8 Å². The monoisotopic (exact) mass is 130 g/mol. The zero-order valence-corrected chi connectivity index (χ0v) is 5.07. The number of rotatable bonds is 0. The average molecular weight is 130 g/mol. The second kappa shape index (κ2) is 2.40. The fourth-order valence-corrected chi connectivity index (χ4v) is 0.530. The fourth-order valence-electron chi connectivity index (χ4n) is 0.530. The highest BCUT2D eigenvalue weighted by molar-refractivity contribution is 6.32. The quantitative estimate of drug-likeness (QED) is 0.479. The zero-order valence-electron chi connectivity index (χ0n) is 5.07. The number of aromatic nitrogens is 1. The van der Waals surface area contributed by atoms with Crippen LogP contribution in [0.1, 0.15) is 5.69 Å². The molecular formula is C6H3BN2O. The van der Waals surface area contributed by atoms with E-state index in [0.717, 1.165) is 0 Å². The van der Waals surface area contributed by atoms with Gasteiger partial charge in [-0.05, 0) is 12.1 Å². The van der Waals surface area contributed by atoms with E-state index < -0.39 is 0 Å². The van der Waals surface area contributed by atoms with E-state index in [1.54, 1.807) is 6.07 Å². The van der Waals surface area contributed by atoms with Crippen LogP contribution in [0.3, 0.4) is 0 Å². The molecule has 0 spiro atoms. The van der Waals surface area contributed by atoms with Gasteiger partial charge in [0.1, 0.15) is 25.4 Å². The van der Waals surface area contributed by atoms with Crippen LogP contribution in [0.4, 0.5) is 0 Å². The Morgan fingerprint density at radius 3 is 2.80 bits per heavy atom. The number of nitrogens with zero attached hydrogens (tertiary/aromatic N) is 2. The van der Waals surface area contributed by atoms with E-state index in [2.05, 4.69) is 4.98 Å². The molecule has 0 fully saturated rings. The maximum Gasteiger partial charge on any atom is 0.147 e. The molecule has 3 nitrogen and oxygen atoms in total. The van der Waals surface area contributed by atoms with Crippen molar-refractivity contribution in [1.82, 2.24) is 4.98 Å². The van der Waals surface area contributed by atoms with Crippen molar-refractivity contribution in [2.45, 2.75) is 0 Å². The number of hydrogen-bond donors (Lipinski definition) is 1. The SMILES string of the molecule is [B]c1nc(C#N)ccc1O. The van der Waals surface area contributed by atoms with Crippen LogP contribution in [0, 0.1) is 11.3 Å². The van der Waals surface area contributed by atoms with Crippen molar-refractivity contribution < 1.29 is 5.11 Å². The van der Waals surface area contributed by atoms with Crippen molar-refractivity contribution in [2.75, 3.05) is 0 Å². The molecule has 0 atom stereocenters. The lowest BCUT2D eigenvalue weighted by molar-refractivity contribution is 0.477. The number of hydrogen-bond acceptors (Lipinski definition) is 3. The van der Waals surface area contributed by atoms with Gasteiger partial charge in [0.05, 0.1) is 0 Å². The van der Waals surface area contributed by atoms with Gasteiger partial charge in [-0.3, -0.25) is 0 Å². The van der Waals surface area contributed by atoms with Gasteiger partial charge in [0.2, 0.25) is 0 Å². The van der Waals surface area contributed by atoms with E-state index in [-0.39, 0.29) is 17.0 Å². The molecule has 0 aliphatic heterocycles. The first-order valence-electron chi connectivity index (χ1n) is 2.59. The van der Waals surface area contributed by atoms with Crippen molar-refractivity contribution in [1.29, 1.82) is 5.26 Å². The Morgan fingerprint density at radius 2 is 2.30 bits per heavy atom. The molecule has 0 unspecified atom stereocenters. The van der Waals surface area contributed by atoms with Crippen LogP contribution < -0.4 is 5.59 Å². The Balaban J connectivity index is 3.20. The zero-order chi connectivity index (χ0) is 7.56. The fraction of sp³-hybridized carbons (Fsp3) is 0. The highest BCUT2D eigenvalue weighted by Gasteiger charge is 1.96. The molecule has 1 rings (SSSR count). The molecule has 4 heteroatoms. The normalized spacial score (nSPS) is 8.70. The molecule has 0 aliphatic rings. The third-order valence-corrected chi connectivity index (χ3v) is 1.02. The van der Waals surface area contributed by atoms with Crippen LogP contribution in [0.25, 0.3) is 0 Å². The lowest BCUT2D eigenvalue weighted by Crippen LogP contribution is -2.09. The van der Waals surface area contributed by atoms with Crippen LogP contribution in [-0.2, 0) is 0 Å². The van der Waals surface area contributed by atoms with Gasteiger partial charge in [-0.1, -0.05) is 0 Å². The topological polar surface area (TPSA) is 56.9 Å². The summed E-state index contributed by atoms with van der Waals surface area (Å²) in [6.45, 7) is 0. The first-order valence-corrected chi connectivity index (χ1v) is 2.59. The summed E-state index contributed by atoms with van der Waals surface area (Å²) in [4.78, 5) is 3.56. The minimum Gasteiger partial charge on any atom is -0.507 e. The summed E-state index contributed by atoms with van der Waals surface area (Å²) < 4.78 is 0. The smallest absolute Gasteiger partial charge is 0.147 e. The first kappa shape index (κ1) is 6.62. The molecule has 0 aliphatic carbocycles. The molecule has 10 heavy (non-hydrogen) atoms. The van der Waals surface area contributed by atoms with E-state index in [1.165, 1.54) is 12.1 Å². The van der Waals surface area contributed by atoms with Gasteiger partial charge in [0.15, 0.2) is 0 Å². The van der Waals surface area contributed by atoms with Crippen molar-refractivity contribution in [3.05, 3.63) is 17.8 Å². The van der Waals surface area contributed by atoms with Crippen LogP contribution >= 0.6 is 0 Å². The summed E-state index contributed by atoms with van der Waals surface area (Å²) in [5, 5.41) is 17.1. The Labute approximate surface area is 59.4 Å². The number of pyridine rings is 1. The maximum atomic E-state index is 8.84. The summed E-state index contributed by atoms with van der Waals surface area (Å²) in [5.74, 6) is -0.0981. The van der Waals surface area contributed by atoms with Gasteiger partial charge in [-0.25, -0.2) is 4.98 Å². The standard InChI is InChI=1S/C6H3BN2O/c7-6-5(10)2-1-4(3-8)9-6/h1-2,10H. The van der Waals surface area contributed by atoms with Crippen molar-refractivity contribution in [3.63, 3.8) is 0 Å². The highest BCUT2D eigenvalue weighted by atomic mass is 16.3. The summed E-state index contributed by atoms with van der Waals surface area (Å²) in [6.07, 6.45) is 0. The Morgan fingerprint density at radius 1 is 1.60 bits per heavy atom. The molecule has 0 saturated heterocycles. The van der Waals surface area contributed by atoms with E-state index in [0.29, 0.717) is 0 Å². The molecular weight excluding hydrogens is 127 g/mol. The van der Waals surface area contributed by atoms with E-state index >= 15 is 0 Å². The molecule has 1 N–H and O–H groups in total. The molecule has 0 bridgehead atoms. The molecule has 1 aromatic heterocycles. The summed E-state index contributed by atoms with van der Waals surface area (Å²) >= 11 is 0. The Hall–Kier alpha value is -1.50. The molecule has 1 aromatic rings. The van der Waals surface area contributed by atoms with Gasteiger partial charge in [0.25, 0.3) is 0 Å². The van der Waals surface area contributed by atoms with Gasteiger partial charge in [0, 0.05) is 5.59 Å². The second-order valence-electron chi connectivity index (χ2n) is 1.71. The van der Waals surface area contributed by atoms with Crippen LogP contribution in [0.5, 0.6) is 5.75 Å². The largest absolute Gasteiger partial charge is 0.507 e. The number of nitriles is 1. The maximum absolute atomic E-state index is 8.84. The lowest BCUT2D eigenvalue weighted by Gasteiger charge is -1.95. The van der Waals surface area contributed by atoms with Crippen molar-refractivity contribution >= 4 is 13.4 Å². The van der Waals surface area contributed by atoms with Gasteiger partial charge < -0.3 is 5.11 Å². The molecule has 0 aromatic carbocycles. The molecule has 46 valence electrons. The lowest BCUT2D eigenvalue weighted by atomic mass is 10.0. The molecule has 0 amide bonds. The van der Waals surface area contributed by atoms with Gasteiger partial charge >= 0.3 is 0 Å². The van der Waals surface area contributed by atoms with E-state index in [9.17, 15) is 0 Å². The minimum absolute atomic E-state index is 0.0148.